The van der Waals surface area contributed by atoms with E-state index in [0.29, 0.717) is 6.54 Å². The third-order valence-corrected chi connectivity index (χ3v) is 4.60. The Kier molecular flexibility index (Phi) is 3.68. The van der Waals surface area contributed by atoms with Crippen LogP contribution >= 0.6 is 0 Å². The van der Waals surface area contributed by atoms with E-state index in [1.54, 1.807) is 0 Å². The highest BCUT2D eigenvalue weighted by Crippen LogP contribution is 2.30. The van der Waals surface area contributed by atoms with Crippen LogP contribution < -0.4 is 0 Å². The maximum Gasteiger partial charge on any atom is 0.310 e. The third-order valence-electron chi connectivity index (χ3n) is 4.60. The molecule has 0 spiro atoms. The average molecular weight is 283 g/mol. The summed E-state index contributed by atoms with van der Waals surface area (Å²) < 4.78 is 0. The van der Waals surface area contributed by atoms with Gasteiger partial charge >= 0.3 is 5.97 Å². The number of fused-ring (bicyclic) bond motifs is 1. The van der Waals surface area contributed by atoms with E-state index >= 15 is 0 Å². The van der Waals surface area contributed by atoms with Crippen molar-refractivity contribution in [1.82, 2.24) is 4.90 Å². The zero-order valence-corrected chi connectivity index (χ0v) is 12.4. The van der Waals surface area contributed by atoms with Crippen molar-refractivity contribution in [2.24, 2.45) is 5.41 Å². The highest BCUT2D eigenvalue weighted by atomic mass is 16.4. The van der Waals surface area contributed by atoms with E-state index in [4.69, 9.17) is 0 Å². The summed E-state index contributed by atoms with van der Waals surface area (Å²) in [6, 6.07) is 14.9. The number of aliphatic carboxylic acids is 1. The van der Waals surface area contributed by atoms with Crippen LogP contribution in [0.3, 0.4) is 0 Å². The molecule has 3 heteroatoms. The summed E-state index contributed by atoms with van der Waals surface area (Å²) in [7, 11) is 0. The van der Waals surface area contributed by atoms with Crippen LogP contribution in [0.5, 0.6) is 0 Å². The number of hydrogen-bond acceptors (Lipinski definition) is 2. The van der Waals surface area contributed by atoms with E-state index in [9.17, 15) is 9.90 Å². The lowest BCUT2D eigenvalue weighted by molar-refractivity contribution is -0.147. The number of carbonyl (C=O) groups is 1. The molecule has 0 aromatic heterocycles. The zero-order chi connectivity index (χ0) is 14.9. The van der Waals surface area contributed by atoms with Gasteiger partial charge in [-0.2, -0.15) is 0 Å². The number of carboxylic acids is 1. The van der Waals surface area contributed by atoms with Gasteiger partial charge in [0.05, 0.1) is 5.41 Å². The molecular formula is C18H21NO2. The minimum atomic E-state index is -0.671. The topological polar surface area (TPSA) is 40.5 Å². The molecular weight excluding hydrogens is 262 g/mol. The summed E-state index contributed by atoms with van der Waals surface area (Å²) in [5, 5.41) is 11.8. The highest BCUT2D eigenvalue weighted by molar-refractivity contribution is 5.83. The van der Waals surface area contributed by atoms with Crippen LogP contribution in [0.4, 0.5) is 0 Å². The number of nitrogens with zero attached hydrogens (tertiary/aromatic N) is 1. The minimum Gasteiger partial charge on any atom is -0.481 e. The summed E-state index contributed by atoms with van der Waals surface area (Å²) >= 11 is 0. The maximum atomic E-state index is 11.3. The van der Waals surface area contributed by atoms with Crippen LogP contribution in [-0.4, -0.2) is 35.6 Å². The smallest absolute Gasteiger partial charge is 0.310 e. The quantitative estimate of drug-likeness (QED) is 0.937. The first-order valence-corrected chi connectivity index (χ1v) is 7.50. The molecule has 1 heterocycles. The number of benzene rings is 2. The molecule has 0 radical (unpaired) electrons. The molecule has 3 rings (SSSR count). The molecule has 1 aliphatic rings. The molecule has 0 bridgehead atoms. The van der Waals surface area contributed by atoms with Crippen LogP contribution in [0.25, 0.3) is 10.8 Å². The summed E-state index contributed by atoms with van der Waals surface area (Å²) in [6.07, 6.45) is 1.72. The first kappa shape index (κ1) is 14.1. The summed E-state index contributed by atoms with van der Waals surface area (Å²) in [4.78, 5) is 13.5. The first-order valence-electron chi connectivity index (χ1n) is 7.50. The van der Waals surface area contributed by atoms with Crippen LogP contribution in [0.15, 0.2) is 42.5 Å². The van der Waals surface area contributed by atoms with Gasteiger partial charge in [0.25, 0.3) is 0 Å². The van der Waals surface area contributed by atoms with Crippen molar-refractivity contribution in [2.75, 3.05) is 19.6 Å². The molecule has 1 saturated heterocycles. The highest BCUT2D eigenvalue weighted by Gasteiger charge is 2.39. The molecule has 0 aliphatic carbocycles. The van der Waals surface area contributed by atoms with Crippen molar-refractivity contribution in [1.29, 1.82) is 0 Å². The summed E-state index contributed by atoms with van der Waals surface area (Å²) in [6.45, 7) is 4.33. The van der Waals surface area contributed by atoms with E-state index in [-0.39, 0.29) is 0 Å². The molecule has 1 atom stereocenters. The van der Waals surface area contributed by atoms with Gasteiger partial charge in [-0.1, -0.05) is 42.5 Å². The van der Waals surface area contributed by atoms with E-state index in [1.165, 1.54) is 16.3 Å². The number of carboxylic acid groups (broad SMARTS) is 1. The van der Waals surface area contributed by atoms with Gasteiger partial charge in [-0.3, -0.25) is 4.79 Å². The lowest BCUT2D eigenvalue weighted by Crippen LogP contribution is -2.32. The Bertz CT molecular complexity index is 667. The van der Waals surface area contributed by atoms with Crippen LogP contribution in [0.1, 0.15) is 18.9 Å². The Balaban J connectivity index is 1.63. The fraction of sp³-hybridized carbons (Fsp3) is 0.389. The molecule has 1 unspecified atom stereocenters. The van der Waals surface area contributed by atoms with Gasteiger partial charge in [0, 0.05) is 13.1 Å². The SMILES string of the molecule is CC1(C(=O)O)CCN(CCc2ccc3ccccc3c2)C1. The number of hydrogen-bond donors (Lipinski definition) is 1. The molecule has 0 saturated carbocycles. The average Bonchev–Trinajstić information content (AvgIpc) is 2.88. The normalized spacial score (nSPS) is 22.7. The molecule has 3 nitrogen and oxygen atoms in total. The van der Waals surface area contributed by atoms with Crippen LogP contribution in [0.2, 0.25) is 0 Å². The molecule has 0 amide bonds. The first-order chi connectivity index (χ1) is 10.1. The Morgan fingerprint density at radius 1 is 1.24 bits per heavy atom. The van der Waals surface area contributed by atoms with Gasteiger partial charge in [-0.25, -0.2) is 0 Å². The molecule has 21 heavy (non-hydrogen) atoms. The Labute approximate surface area is 125 Å². The van der Waals surface area contributed by atoms with Crippen molar-refractivity contribution in [2.45, 2.75) is 19.8 Å². The van der Waals surface area contributed by atoms with Crippen LogP contribution in [0, 0.1) is 5.41 Å². The standard InChI is InChI=1S/C18H21NO2/c1-18(17(20)21)9-11-19(13-18)10-8-14-6-7-15-4-2-3-5-16(15)12-14/h2-7,12H,8-11,13H2,1H3,(H,20,21). The van der Waals surface area contributed by atoms with E-state index < -0.39 is 11.4 Å². The second-order valence-corrected chi connectivity index (χ2v) is 6.32. The van der Waals surface area contributed by atoms with Crippen molar-refractivity contribution in [3.8, 4) is 0 Å². The van der Waals surface area contributed by atoms with Gasteiger partial charge in [0.15, 0.2) is 0 Å². The summed E-state index contributed by atoms with van der Waals surface area (Å²) in [5.74, 6) is -0.671. The fourth-order valence-electron chi connectivity index (χ4n) is 3.10. The molecule has 110 valence electrons. The molecule has 1 fully saturated rings. The molecule has 2 aromatic carbocycles. The lowest BCUT2D eigenvalue weighted by Gasteiger charge is -2.20. The van der Waals surface area contributed by atoms with Gasteiger partial charge in [0.2, 0.25) is 0 Å². The second kappa shape index (κ2) is 5.49. The predicted octanol–water partition coefficient (Wildman–Crippen LogP) is 3.18. The largest absolute Gasteiger partial charge is 0.481 e. The van der Waals surface area contributed by atoms with Crippen LogP contribution in [-0.2, 0) is 11.2 Å². The number of likely N-dealkylation sites (tertiary alicyclic amines) is 1. The van der Waals surface area contributed by atoms with Crippen molar-refractivity contribution in [3.63, 3.8) is 0 Å². The van der Waals surface area contributed by atoms with Gasteiger partial charge in [-0.15, -0.1) is 0 Å². The Hall–Kier alpha value is -1.87. The second-order valence-electron chi connectivity index (χ2n) is 6.32. The lowest BCUT2D eigenvalue weighted by atomic mass is 9.90. The Morgan fingerprint density at radius 2 is 2.00 bits per heavy atom. The zero-order valence-electron chi connectivity index (χ0n) is 12.4. The van der Waals surface area contributed by atoms with Gasteiger partial charge in [-0.05, 0) is 42.6 Å². The van der Waals surface area contributed by atoms with E-state index in [2.05, 4.69) is 47.4 Å². The third kappa shape index (κ3) is 2.93. The van der Waals surface area contributed by atoms with E-state index in [1.807, 2.05) is 6.92 Å². The van der Waals surface area contributed by atoms with Gasteiger partial charge in [0.1, 0.15) is 0 Å². The van der Waals surface area contributed by atoms with Crippen molar-refractivity contribution in [3.05, 3.63) is 48.0 Å². The van der Waals surface area contributed by atoms with Gasteiger partial charge < -0.3 is 10.0 Å². The van der Waals surface area contributed by atoms with Crippen molar-refractivity contribution < 1.29 is 9.90 Å². The predicted molar refractivity (Wildman–Crippen MR) is 84.5 cm³/mol. The molecule has 1 N–H and O–H groups in total. The monoisotopic (exact) mass is 283 g/mol. The molecule has 2 aromatic rings. The minimum absolute atomic E-state index is 0.566. The Morgan fingerprint density at radius 3 is 2.71 bits per heavy atom. The van der Waals surface area contributed by atoms with E-state index in [0.717, 1.165) is 25.9 Å². The fourth-order valence-corrected chi connectivity index (χ4v) is 3.10. The van der Waals surface area contributed by atoms with Crippen molar-refractivity contribution >= 4 is 16.7 Å². The number of rotatable bonds is 4. The molecule has 1 aliphatic heterocycles. The summed E-state index contributed by atoms with van der Waals surface area (Å²) in [5.41, 5.74) is 0.751. The maximum absolute atomic E-state index is 11.3.